The lowest BCUT2D eigenvalue weighted by Gasteiger charge is -2.08. The Morgan fingerprint density at radius 2 is 1.87 bits per heavy atom. The van der Waals surface area contributed by atoms with Crippen LogP contribution in [0, 0.1) is 13.8 Å². The number of rotatable bonds is 4. The molecule has 6 nitrogen and oxygen atoms in total. The molecule has 0 bridgehead atoms. The molecule has 6 heteroatoms. The highest BCUT2D eigenvalue weighted by Gasteiger charge is 2.23. The Morgan fingerprint density at radius 3 is 2.67 bits per heavy atom. The molecule has 0 aliphatic carbocycles. The van der Waals surface area contributed by atoms with Crippen LogP contribution >= 0.6 is 0 Å². The van der Waals surface area contributed by atoms with Crippen LogP contribution in [-0.4, -0.2) is 22.6 Å². The van der Waals surface area contributed by atoms with Crippen molar-refractivity contribution in [3.8, 4) is 11.5 Å². The molecule has 0 aliphatic rings. The molecular weight excluding hydrogens is 380 g/mol. The molecule has 30 heavy (non-hydrogen) atoms. The fourth-order valence-electron chi connectivity index (χ4n) is 3.81. The maximum Gasteiger partial charge on any atom is 0.354 e. The zero-order valence-electron chi connectivity index (χ0n) is 16.9. The first-order valence-corrected chi connectivity index (χ1v) is 9.67. The number of para-hydroxylation sites is 1. The van der Waals surface area contributed by atoms with E-state index in [9.17, 15) is 4.79 Å². The molecule has 0 unspecified atom stereocenters. The second-order valence-electron chi connectivity index (χ2n) is 7.31. The van der Waals surface area contributed by atoms with Crippen molar-refractivity contribution in [3.05, 3.63) is 77.3 Å². The number of carbonyl (C=O) groups is 1. The molecule has 0 radical (unpaired) electrons. The van der Waals surface area contributed by atoms with Crippen LogP contribution in [0.15, 0.2) is 63.4 Å². The monoisotopic (exact) mass is 400 g/mol. The molecule has 2 aromatic carbocycles. The van der Waals surface area contributed by atoms with E-state index in [0.717, 1.165) is 33.3 Å². The van der Waals surface area contributed by atoms with Gasteiger partial charge in [-0.15, -0.1) is 0 Å². The minimum Gasteiger partial charge on any atom is -0.464 e. The van der Waals surface area contributed by atoms with Crippen molar-refractivity contribution in [2.45, 2.75) is 20.4 Å². The summed E-state index contributed by atoms with van der Waals surface area (Å²) in [6.45, 7) is 4.27. The minimum atomic E-state index is -0.425. The van der Waals surface area contributed by atoms with Gasteiger partial charge in [0.25, 0.3) is 0 Å². The van der Waals surface area contributed by atoms with Gasteiger partial charge in [0.05, 0.1) is 19.2 Å². The van der Waals surface area contributed by atoms with Gasteiger partial charge < -0.3 is 18.1 Å². The summed E-state index contributed by atoms with van der Waals surface area (Å²) in [5, 5.41) is 0.933. The number of furan rings is 1. The van der Waals surface area contributed by atoms with E-state index in [2.05, 4.69) is 0 Å². The number of aryl methyl sites for hydroxylation is 2. The first-order chi connectivity index (χ1) is 14.5. The van der Waals surface area contributed by atoms with Gasteiger partial charge in [0.15, 0.2) is 5.58 Å². The fraction of sp³-hybridized carbons (Fsp3) is 0.167. The largest absolute Gasteiger partial charge is 0.464 e. The fourth-order valence-corrected chi connectivity index (χ4v) is 3.81. The minimum absolute atomic E-state index is 0.360. The maximum atomic E-state index is 12.4. The van der Waals surface area contributed by atoms with Gasteiger partial charge in [0, 0.05) is 17.0 Å². The van der Waals surface area contributed by atoms with Gasteiger partial charge >= 0.3 is 5.97 Å². The molecule has 0 aliphatic heterocycles. The van der Waals surface area contributed by atoms with Crippen LogP contribution in [-0.2, 0) is 11.3 Å². The third-order valence-electron chi connectivity index (χ3n) is 5.28. The van der Waals surface area contributed by atoms with Crippen molar-refractivity contribution in [2.24, 2.45) is 0 Å². The van der Waals surface area contributed by atoms with Gasteiger partial charge in [0.2, 0.25) is 5.89 Å². The van der Waals surface area contributed by atoms with Crippen LogP contribution < -0.4 is 0 Å². The zero-order chi connectivity index (χ0) is 20.8. The predicted octanol–water partition coefficient (Wildman–Crippen LogP) is 5.49. The van der Waals surface area contributed by atoms with Gasteiger partial charge in [-0.1, -0.05) is 29.8 Å². The molecule has 0 amide bonds. The van der Waals surface area contributed by atoms with E-state index < -0.39 is 5.97 Å². The number of aromatic nitrogens is 2. The van der Waals surface area contributed by atoms with Crippen molar-refractivity contribution >= 4 is 28.0 Å². The molecule has 5 aromatic rings. The highest BCUT2D eigenvalue weighted by atomic mass is 16.5. The van der Waals surface area contributed by atoms with Crippen LogP contribution in [0.5, 0.6) is 0 Å². The number of esters is 1. The number of hydrogen-bond donors (Lipinski definition) is 0. The first-order valence-electron chi connectivity index (χ1n) is 9.67. The summed E-state index contributed by atoms with van der Waals surface area (Å²) in [7, 11) is 1.37. The summed E-state index contributed by atoms with van der Waals surface area (Å²) < 4.78 is 18.8. The topological polar surface area (TPSA) is 70.4 Å². The number of hydrogen-bond acceptors (Lipinski definition) is 5. The first kappa shape index (κ1) is 18.2. The maximum absolute atomic E-state index is 12.4. The Balaban J connectivity index is 1.65. The molecule has 0 fully saturated rings. The lowest BCUT2D eigenvalue weighted by molar-refractivity contribution is 0.0589. The third kappa shape index (κ3) is 2.88. The van der Waals surface area contributed by atoms with Gasteiger partial charge in [-0.05, 0) is 38.1 Å². The number of carbonyl (C=O) groups excluding carboxylic acids is 1. The summed E-state index contributed by atoms with van der Waals surface area (Å²) >= 11 is 0. The lowest BCUT2D eigenvalue weighted by atomic mass is 10.1. The average molecular weight is 400 g/mol. The van der Waals surface area contributed by atoms with Crippen molar-refractivity contribution in [1.29, 1.82) is 0 Å². The quantitative estimate of drug-likeness (QED) is 0.373. The summed E-state index contributed by atoms with van der Waals surface area (Å²) in [5.74, 6) is 0.841. The van der Waals surface area contributed by atoms with Crippen LogP contribution in [0.2, 0.25) is 0 Å². The number of ether oxygens (including phenoxy) is 1. The second-order valence-corrected chi connectivity index (χ2v) is 7.31. The summed E-state index contributed by atoms with van der Waals surface area (Å²) in [4.78, 5) is 17.2. The summed E-state index contributed by atoms with van der Waals surface area (Å²) in [6, 6.07) is 17.5. The number of nitrogens with zero attached hydrogens (tertiary/aromatic N) is 2. The van der Waals surface area contributed by atoms with Gasteiger partial charge in [0.1, 0.15) is 22.7 Å². The van der Waals surface area contributed by atoms with Crippen molar-refractivity contribution in [1.82, 2.24) is 9.55 Å². The Morgan fingerprint density at radius 1 is 1.03 bits per heavy atom. The molecule has 0 N–H and O–H groups in total. The van der Waals surface area contributed by atoms with E-state index in [0.29, 0.717) is 29.5 Å². The van der Waals surface area contributed by atoms with E-state index in [1.165, 1.54) is 7.11 Å². The Labute approximate surface area is 172 Å². The molecule has 0 saturated carbocycles. The Hall–Kier alpha value is -3.80. The molecular formula is C24H20N2O4. The molecule has 0 spiro atoms. The molecule has 5 rings (SSSR count). The lowest BCUT2D eigenvalue weighted by Crippen LogP contribution is -2.12. The van der Waals surface area contributed by atoms with Crippen LogP contribution in [0.4, 0.5) is 0 Å². The second kappa shape index (κ2) is 6.91. The number of benzene rings is 2. The normalized spacial score (nSPS) is 11.4. The van der Waals surface area contributed by atoms with Crippen molar-refractivity contribution in [3.63, 3.8) is 0 Å². The van der Waals surface area contributed by atoms with E-state index >= 15 is 0 Å². The number of methoxy groups -OCH3 is 1. The molecule has 150 valence electrons. The molecule has 0 saturated heterocycles. The number of fused-ring (bicyclic) bond motifs is 3. The predicted molar refractivity (Wildman–Crippen MR) is 114 cm³/mol. The Kier molecular flexibility index (Phi) is 4.20. The van der Waals surface area contributed by atoms with E-state index in [1.807, 2.05) is 66.9 Å². The molecule has 3 heterocycles. The smallest absolute Gasteiger partial charge is 0.354 e. The van der Waals surface area contributed by atoms with Gasteiger partial charge in [-0.3, -0.25) is 0 Å². The standard InChI is InChI=1S/C24H20N2O4/c1-14-7-6-8-16(11-14)23-25-18(15(2)29-23)13-26-19(24(27)28-3)12-21-22(26)17-9-4-5-10-20(17)30-21/h4-12H,13H2,1-3H3. The number of oxazole rings is 1. The van der Waals surface area contributed by atoms with Crippen molar-refractivity contribution in [2.75, 3.05) is 7.11 Å². The van der Waals surface area contributed by atoms with Crippen LogP contribution in [0.25, 0.3) is 33.5 Å². The summed E-state index contributed by atoms with van der Waals surface area (Å²) in [5.41, 5.74) is 5.46. The SMILES string of the molecule is COC(=O)c1cc2oc3ccccc3c2n1Cc1nc(-c2cccc(C)c2)oc1C. The van der Waals surface area contributed by atoms with E-state index in [1.54, 1.807) is 6.07 Å². The van der Waals surface area contributed by atoms with E-state index in [4.69, 9.17) is 18.6 Å². The van der Waals surface area contributed by atoms with Gasteiger partial charge in [-0.25, -0.2) is 9.78 Å². The Bertz CT molecular complexity index is 1400. The van der Waals surface area contributed by atoms with E-state index in [-0.39, 0.29) is 0 Å². The highest BCUT2D eigenvalue weighted by Crippen LogP contribution is 2.33. The molecule has 0 atom stereocenters. The molecule has 3 aromatic heterocycles. The highest BCUT2D eigenvalue weighted by molar-refractivity contribution is 6.06. The van der Waals surface area contributed by atoms with Crippen molar-refractivity contribution < 1.29 is 18.4 Å². The van der Waals surface area contributed by atoms with Gasteiger partial charge in [-0.2, -0.15) is 0 Å². The average Bonchev–Trinajstić information content (AvgIpc) is 3.40. The van der Waals surface area contributed by atoms with Crippen LogP contribution in [0.1, 0.15) is 27.5 Å². The van der Waals surface area contributed by atoms with Crippen LogP contribution in [0.3, 0.4) is 0 Å². The third-order valence-corrected chi connectivity index (χ3v) is 5.28. The zero-order valence-corrected chi connectivity index (χ0v) is 16.9. The summed E-state index contributed by atoms with van der Waals surface area (Å²) in [6.07, 6.45) is 0.